The van der Waals surface area contributed by atoms with Gasteiger partial charge in [-0.25, -0.2) is 18.0 Å². The van der Waals surface area contributed by atoms with Crippen LogP contribution in [0.15, 0.2) is 60.7 Å². The van der Waals surface area contributed by atoms with Gasteiger partial charge in [0.1, 0.15) is 6.54 Å². The van der Waals surface area contributed by atoms with Crippen molar-refractivity contribution in [2.45, 2.75) is 0 Å². The van der Waals surface area contributed by atoms with Gasteiger partial charge in [-0.05, 0) is 29.7 Å². The number of nitrogens with zero attached hydrogens (tertiary/aromatic N) is 1. The van der Waals surface area contributed by atoms with Crippen LogP contribution in [0.1, 0.15) is 20.7 Å². The number of carbonyl (C=O) groups excluding carboxylic acids is 3. The molecule has 0 aliphatic rings. The van der Waals surface area contributed by atoms with Crippen LogP contribution in [-0.2, 0) is 24.3 Å². The smallest absolute Gasteiger partial charge is 0.337 e. The molecule has 10 heteroatoms. The van der Waals surface area contributed by atoms with E-state index in [1.165, 1.54) is 32.4 Å². The van der Waals surface area contributed by atoms with E-state index in [9.17, 15) is 22.8 Å². The highest BCUT2D eigenvalue weighted by Crippen LogP contribution is 2.28. The molecule has 0 saturated heterocycles. The summed E-state index contributed by atoms with van der Waals surface area (Å²) < 4.78 is 35.5. The predicted molar refractivity (Wildman–Crippen MR) is 124 cm³/mol. The number of benzene rings is 3. The Morgan fingerprint density at radius 3 is 2.03 bits per heavy atom. The fourth-order valence-electron chi connectivity index (χ4n) is 3.31. The Bertz CT molecular complexity index is 1300. The first-order valence-electron chi connectivity index (χ1n) is 9.71. The summed E-state index contributed by atoms with van der Waals surface area (Å²) in [7, 11) is -1.46. The van der Waals surface area contributed by atoms with Crippen molar-refractivity contribution >= 4 is 50.0 Å². The third kappa shape index (κ3) is 5.47. The highest BCUT2D eigenvalue weighted by molar-refractivity contribution is 7.92. The molecule has 0 saturated carbocycles. The van der Waals surface area contributed by atoms with Gasteiger partial charge in [0.25, 0.3) is 0 Å². The average Bonchev–Trinajstić information content (AvgIpc) is 2.80. The zero-order valence-electron chi connectivity index (χ0n) is 18.2. The molecule has 0 atom stereocenters. The normalized spacial score (nSPS) is 11.0. The monoisotopic (exact) mass is 470 g/mol. The van der Waals surface area contributed by atoms with E-state index in [1.54, 1.807) is 24.3 Å². The lowest BCUT2D eigenvalue weighted by molar-refractivity contribution is -0.114. The number of sulfonamides is 1. The number of rotatable bonds is 7. The van der Waals surface area contributed by atoms with Crippen LogP contribution in [0.2, 0.25) is 0 Å². The second-order valence-electron chi connectivity index (χ2n) is 7.10. The molecule has 3 aromatic rings. The van der Waals surface area contributed by atoms with Crippen molar-refractivity contribution in [2.24, 2.45) is 0 Å². The van der Waals surface area contributed by atoms with Crippen LogP contribution in [0.3, 0.4) is 0 Å². The topological polar surface area (TPSA) is 119 Å². The molecule has 0 radical (unpaired) electrons. The van der Waals surface area contributed by atoms with Gasteiger partial charge in [-0.3, -0.25) is 9.10 Å². The Hall–Kier alpha value is -3.92. The van der Waals surface area contributed by atoms with Gasteiger partial charge in [0.05, 0.1) is 37.3 Å². The Morgan fingerprint density at radius 2 is 1.45 bits per heavy atom. The van der Waals surface area contributed by atoms with Crippen LogP contribution in [-0.4, -0.2) is 53.3 Å². The predicted octanol–water partition coefficient (Wildman–Crippen LogP) is 2.82. The molecule has 1 amide bonds. The molecule has 0 spiro atoms. The molecule has 0 aromatic heterocycles. The van der Waals surface area contributed by atoms with Gasteiger partial charge in [-0.1, -0.05) is 36.4 Å². The summed E-state index contributed by atoms with van der Waals surface area (Å²) in [5.41, 5.74) is 0.494. The Labute approximate surface area is 191 Å². The lowest BCUT2D eigenvalue weighted by Gasteiger charge is -2.23. The second-order valence-corrected chi connectivity index (χ2v) is 9.01. The minimum absolute atomic E-state index is 0.0183. The molecule has 0 heterocycles. The molecule has 9 nitrogen and oxygen atoms in total. The number of amides is 1. The number of hydrogen-bond donors (Lipinski definition) is 1. The SMILES string of the molecule is COC(=O)c1cc(NC(=O)CN(c2cccc3ccccc23)S(C)(=O)=O)cc(C(=O)OC)c1. The van der Waals surface area contributed by atoms with Crippen molar-refractivity contribution in [1.82, 2.24) is 0 Å². The molecular weight excluding hydrogens is 448 g/mol. The minimum Gasteiger partial charge on any atom is -0.465 e. The van der Waals surface area contributed by atoms with Crippen molar-refractivity contribution in [2.75, 3.05) is 36.6 Å². The molecular formula is C23H22N2O7S. The van der Waals surface area contributed by atoms with E-state index >= 15 is 0 Å². The number of esters is 2. The van der Waals surface area contributed by atoms with Gasteiger partial charge < -0.3 is 14.8 Å². The number of anilines is 2. The lowest BCUT2D eigenvalue weighted by atomic mass is 10.1. The third-order valence-corrected chi connectivity index (χ3v) is 5.91. The van der Waals surface area contributed by atoms with Crippen molar-refractivity contribution in [1.29, 1.82) is 0 Å². The lowest BCUT2D eigenvalue weighted by Crippen LogP contribution is -2.37. The summed E-state index contributed by atoms with van der Waals surface area (Å²) in [6, 6.07) is 16.3. The molecule has 172 valence electrons. The van der Waals surface area contributed by atoms with Crippen molar-refractivity contribution in [3.63, 3.8) is 0 Å². The van der Waals surface area contributed by atoms with E-state index in [-0.39, 0.29) is 16.8 Å². The third-order valence-electron chi connectivity index (χ3n) is 4.78. The van der Waals surface area contributed by atoms with Crippen LogP contribution in [0, 0.1) is 0 Å². The molecule has 0 fully saturated rings. The van der Waals surface area contributed by atoms with E-state index in [0.29, 0.717) is 11.1 Å². The van der Waals surface area contributed by atoms with Gasteiger partial charge in [0, 0.05) is 11.1 Å². The van der Waals surface area contributed by atoms with Crippen molar-refractivity contribution < 1.29 is 32.3 Å². The Balaban J connectivity index is 1.95. The molecule has 33 heavy (non-hydrogen) atoms. The molecule has 0 unspecified atom stereocenters. The largest absolute Gasteiger partial charge is 0.465 e. The van der Waals surface area contributed by atoms with Crippen LogP contribution in [0.25, 0.3) is 10.8 Å². The second kappa shape index (κ2) is 9.70. The molecule has 3 rings (SSSR count). The number of methoxy groups -OCH3 is 2. The molecule has 3 aromatic carbocycles. The van der Waals surface area contributed by atoms with Crippen molar-refractivity contribution in [3.8, 4) is 0 Å². The summed E-state index contributed by atoms with van der Waals surface area (Å²) in [5.74, 6) is -2.11. The molecule has 0 bridgehead atoms. The van der Waals surface area contributed by atoms with Crippen LogP contribution in [0.5, 0.6) is 0 Å². The van der Waals surface area contributed by atoms with Crippen LogP contribution < -0.4 is 9.62 Å². The molecule has 0 aliphatic heterocycles. The maximum Gasteiger partial charge on any atom is 0.337 e. The van der Waals surface area contributed by atoms with Crippen molar-refractivity contribution in [3.05, 3.63) is 71.8 Å². The van der Waals surface area contributed by atoms with Crippen LogP contribution in [0.4, 0.5) is 11.4 Å². The first-order valence-corrected chi connectivity index (χ1v) is 11.6. The van der Waals surface area contributed by atoms with E-state index in [2.05, 4.69) is 14.8 Å². The number of hydrogen-bond acceptors (Lipinski definition) is 7. The molecule has 1 N–H and O–H groups in total. The fraction of sp³-hybridized carbons (Fsp3) is 0.174. The Morgan fingerprint density at radius 1 is 0.879 bits per heavy atom. The Kier molecular flexibility index (Phi) is 6.98. The van der Waals surface area contributed by atoms with Gasteiger partial charge >= 0.3 is 11.9 Å². The van der Waals surface area contributed by atoms with Gasteiger partial charge in [-0.15, -0.1) is 0 Å². The highest BCUT2D eigenvalue weighted by Gasteiger charge is 2.23. The van der Waals surface area contributed by atoms with Crippen LogP contribution >= 0.6 is 0 Å². The zero-order chi connectivity index (χ0) is 24.2. The van der Waals surface area contributed by atoms with Gasteiger partial charge in [0.15, 0.2) is 0 Å². The minimum atomic E-state index is -3.82. The standard InChI is InChI=1S/C23H22N2O7S/c1-31-22(27)16-11-17(23(28)32-2)13-18(12-16)24-21(26)14-25(33(3,29)30)20-10-6-8-15-7-4-5-9-19(15)20/h4-13H,14H2,1-3H3,(H,24,26). The van der Waals surface area contributed by atoms with E-state index in [0.717, 1.165) is 15.9 Å². The number of fused-ring (bicyclic) bond motifs is 1. The van der Waals surface area contributed by atoms with Gasteiger partial charge in [0.2, 0.25) is 15.9 Å². The number of ether oxygens (including phenoxy) is 2. The average molecular weight is 471 g/mol. The first-order chi connectivity index (χ1) is 15.6. The zero-order valence-corrected chi connectivity index (χ0v) is 19.0. The summed E-state index contributed by atoms with van der Waals surface area (Å²) in [6.45, 7) is -0.525. The van der Waals surface area contributed by atoms with Gasteiger partial charge in [-0.2, -0.15) is 0 Å². The summed E-state index contributed by atoms with van der Waals surface area (Å²) in [5, 5.41) is 4.02. The number of carbonyl (C=O) groups is 3. The van der Waals surface area contributed by atoms with E-state index < -0.39 is 34.4 Å². The summed E-state index contributed by atoms with van der Waals surface area (Å²) in [4.78, 5) is 36.7. The summed E-state index contributed by atoms with van der Waals surface area (Å²) in [6.07, 6.45) is 1.01. The summed E-state index contributed by atoms with van der Waals surface area (Å²) >= 11 is 0. The van der Waals surface area contributed by atoms with E-state index in [1.807, 2.05) is 18.2 Å². The maximum atomic E-state index is 12.8. The highest BCUT2D eigenvalue weighted by atomic mass is 32.2. The van der Waals surface area contributed by atoms with E-state index in [4.69, 9.17) is 0 Å². The quantitative estimate of drug-likeness (QED) is 0.527. The number of nitrogens with one attached hydrogen (secondary N) is 1. The molecule has 0 aliphatic carbocycles. The first kappa shape index (κ1) is 23.7. The fourth-order valence-corrected chi connectivity index (χ4v) is 4.18. The maximum absolute atomic E-state index is 12.8.